The zero-order valence-electron chi connectivity index (χ0n) is 21.1. The quantitative estimate of drug-likeness (QED) is 0.267. The molecule has 6 rings (SSSR count). The number of aromatic nitrogens is 4. The summed E-state index contributed by atoms with van der Waals surface area (Å²) < 4.78 is 21.0. The fourth-order valence-corrected chi connectivity index (χ4v) is 6.01. The van der Waals surface area contributed by atoms with E-state index in [2.05, 4.69) is 25.7 Å². The molecule has 1 amide bonds. The second-order valence-corrected chi connectivity index (χ2v) is 10.4. The van der Waals surface area contributed by atoms with Gasteiger partial charge in [0.15, 0.2) is 0 Å². The van der Waals surface area contributed by atoms with E-state index in [4.69, 9.17) is 4.74 Å². The molecule has 3 aromatic heterocycles. The number of amides is 1. The number of anilines is 3. The van der Waals surface area contributed by atoms with Gasteiger partial charge in [-0.05, 0) is 48.4 Å². The Morgan fingerprint density at radius 3 is 3.00 bits per heavy atom. The third-order valence-electron chi connectivity index (χ3n) is 6.71. The predicted octanol–water partition coefficient (Wildman–Crippen LogP) is 4.75. The summed E-state index contributed by atoms with van der Waals surface area (Å²) in [6.07, 6.45) is 2.22. The molecular formula is C27H26FN7O3S. The van der Waals surface area contributed by atoms with E-state index in [9.17, 15) is 14.3 Å². The minimum atomic E-state index is -1.03. The van der Waals surface area contributed by atoms with Crippen LogP contribution < -0.4 is 15.5 Å². The molecule has 39 heavy (non-hydrogen) atoms. The summed E-state index contributed by atoms with van der Waals surface area (Å²) in [6, 6.07) is 12.3. The Morgan fingerprint density at radius 2 is 2.21 bits per heavy atom. The van der Waals surface area contributed by atoms with Crippen LogP contribution in [-0.4, -0.2) is 63.3 Å². The first kappa shape index (κ1) is 25.2. The molecule has 0 bridgehead atoms. The molecule has 3 N–H and O–H groups in total. The number of fused-ring (bicyclic) bond motifs is 2. The summed E-state index contributed by atoms with van der Waals surface area (Å²) in [6.45, 7) is 4.40. The van der Waals surface area contributed by atoms with Crippen molar-refractivity contribution in [3.05, 3.63) is 71.9 Å². The van der Waals surface area contributed by atoms with Gasteiger partial charge in [0.05, 0.1) is 36.9 Å². The van der Waals surface area contributed by atoms with E-state index in [-0.39, 0.29) is 18.4 Å². The molecule has 1 unspecified atom stereocenters. The second kappa shape index (κ2) is 10.6. The van der Waals surface area contributed by atoms with Gasteiger partial charge in [-0.3, -0.25) is 9.58 Å². The number of carboxylic acid groups (broad SMARTS) is 1. The molecule has 1 atom stereocenters. The summed E-state index contributed by atoms with van der Waals surface area (Å²) in [7, 11) is 0. The van der Waals surface area contributed by atoms with E-state index in [0.717, 1.165) is 33.1 Å². The molecule has 5 aromatic rings. The molecule has 200 valence electrons. The summed E-state index contributed by atoms with van der Waals surface area (Å²) in [5.41, 5.74) is 3.35. The van der Waals surface area contributed by atoms with E-state index in [1.54, 1.807) is 12.3 Å². The normalized spacial score (nSPS) is 15.6. The van der Waals surface area contributed by atoms with Gasteiger partial charge in [0.25, 0.3) is 0 Å². The molecule has 4 heterocycles. The van der Waals surface area contributed by atoms with Gasteiger partial charge in [-0.2, -0.15) is 5.10 Å². The zero-order valence-corrected chi connectivity index (χ0v) is 21.9. The summed E-state index contributed by atoms with van der Waals surface area (Å²) in [4.78, 5) is 23.2. The Morgan fingerprint density at radius 1 is 1.31 bits per heavy atom. The molecule has 0 saturated carbocycles. The lowest BCUT2D eigenvalue weighted by atomic mass is 10.2. The molecule has 10 nitrogen and oxygen atoms in total. The van der Waals surface area contributed by atoms with Crippen LogP contribution in [0, 0.1) is 12.7 Å². The van der Waals surface area contributed by atoms with E-state index in [0.29, 0.717) is 42.0 Å². The number of benzene rings is 2. The standard InChI is InChI=1S/C27H26FN7O3S/c1-16-23-24(30-15-31-25(23)39-26(16)34(27(36)37)13-21-14-38-8-7-29-21)33-20-5-6-22-18(10-20)11-32-35(22)12-17-3-2-4-19(28)9-17/h2-6,9-11,15,21,29H,7-8,12-14H2,1H3,(H,36,37)(H,30,31,33). The Labute approximate surface area is 227 Å². The van der Waals surface area contributed by atoms with Crippen molar-refractivity contribution in [3.8, 4) is 0 Å². The largest absolute Gasteiger partial charge is 0.465 e. The van der Waals surface area contributed by atoms with Crippen molar-refractivity contribution >= 4 is 55.1 Å². The van der Waals surface area contributed by atoms with E-state index in [1.165, 1.54) is 34.7 Å². The molecule has 0 spiro atoms. The Hall–Kier alpha value is -4.13. The average Bonchev–Trinajstić information content (AvgIpc) is 3.48. The maximum Gasteiger partial charge on any atom is 0.412 e. The molecule has 0 radical (unpaired) electrons. The Balaban J connectivity index is 1.28. The number of nitrogens with zero attached hydrogens (tertiary/aromatic N) is 5. The summed E-state index contributed by atoms with van der Waals surface area (Å²) in [5, 5.41) is 23.5. The van der Waals surface area contributed by atoms with E-state index >= 15 is 0 Å². The first-order valence-corrected chi connectivity index (χ1v) is 13.3. The zero-order chi connectivity index (χ0) is 26.9. The number of nitrogens with one attached hydrogen (secondary N) is 2. The minimum Gasteiger partial charge on any atom is -0.465 e. The number of thiophene rings is 1. The van der Waals surface area contributed by atoms with Crippen molar-refractivity contribution in [2.75, 3.05) is 36.5 Å². The van der Waals surface area contributed by atoms with Crippen LogP contribution >= 0.6 is 11.3 Å². The highest BCUT2D eigenvalue weighted by molar-refractivity contribution is 7.23. The molecular weight excluding hydrogens is 521 g/mol. The summed E-state index contributed by atoms with van der Waals surface area (Å²) >= 11 is 1.33. The lowest BCUT2D eigenvalue weighted by Gasteiger charge is -2.28. The number of hydrogen-bond donors (Lipinski definition) is 3. The maximum absolute atomic E-state index is 13.6. The van der Waals surface area contributed by atoms with Crippen LogP contribution in [0.4, 0.5) is 25.7 Å². The molecule has 2 aromatic carbocycles. The number of aryl methyl sites for hydroxylation is 1. The Kier molecular flexibility index (Phi) is 6.81. The first-order valence-electron chi connectivity index (χ1n) is 12.5. The molecule has 1 saturated heterocycles. The van der Waals surface area contributed by atoms with Crippen molar-refractivity contribution < 1.29 is 19.0 Å². The number of morpholine rings is 1. The number of halogens is 1. The fourth-order valence-electron chi connectivity index (χ4n) is 4.85. The third-order valence-corrected chi connectivity index (χ3v) is 7.93. The van der Waals surface area contributed by atoms with Crippen LogP contribution in [0.5, 0.6) is 0 Å². The van der Waals surface area contributed by atoms with E-state index in [1.807, 2.05) is 35.9 Å². The SMILES string of the molecule is Cc1c(N(CC2COCCN2)C(=O)O)sc2ncnc(Nc3ccc4c(cnn4Cc4cccc(F)c4)c3)c12. The number of rotatable bonds is 7. The van der Waals surface area contributed by atoms with Crippen LogP contribution in [0.15, 0.2) is 55.0 Å². The van der Waals surface area contributed by atoms with Gasteiger partial charge >= 0.3 is 6.09 Å². The van der Waals surface area contributed by atoms with Crippen molar-refractivity contribution in [1.29, 1.82) is 0 Å². The van der Waals surface area contributed by atoms with Gasteiger partial charge in [-0.25, -0.2) is 19.2 Å². The topological polar surface area (TPSA) is 117 Å². The molecule has 1 aliphatic rings. The summed E-state index contributed by atoms with van der Waals surface area (Å²) in [5.74, 6) is 0.320. The molecule has 1 fully saturated rings. The van der Waals surface area contributed by atoms with Gasteiger partial charge in [0.1, 0.15) is 27.8 Å². The smallest absolute Gasteiger partial charge is 0.412 e. The minimum absolute atomic E-state index is 0.0864. The van der Waals surface area contributed by atoms with Gasteiger partial charge in [0, 0.05) is 30.2 Å². The van der Waals surface area contributed by atoms with Crippen molar-refractivity contribution in [1.82, 2.24) is 25.1 Å². The second-order valence-electron chi connectivity index (χ2n) is 9.38. The van der Waals surface area contributed by atoms with Crippen molar-refractivity contribution in [2.45, 2.75) is 19.5 Å². The van der Waals surface area contributed by atoms with Crippen LogP contribution in [0.3, 0.4) is 0 Å². The van der Waals surface area contributed by atoms with Crippen LogP contribution in [0.2, 0.25) is 0 Å². The molecule has 12 heteroatoms. The number of hydrogen-bond acceptors (Lipinski definition) is 8. The van der Waals surface area contributed by atoms with Crippen LogP contribution in [0.25, 0.3) is 21.1 Å². The number of carbonyl (C=O) groups is 1. The monoisotopic (exact) mass is 547 g/mol. The van der Waals surface area contributed by atoms with Gasteiger partial charge in [-0.15, -0.1) is 0 Å². The van der Waals surface area contributed by atoms with Crippen LogP contribution in [-0.2, 0) is 11.3 Å². The molecule has 0 aliphatic carbocycles. The maximum atomic E-state index is 13.6. The highest BCUT2D eigenvalue weighted by atomic mass is 32.1. The first-order chi connectivity index (χ1) is 19.0. The highest BCUT2D eigenvalue weighted by Crippen LogP contribution is 2.40. The predicted molar refractivity (Wildman–Crippen MR) is 149 cm³/mol. The van der Waals surface area contributed by atoms with Gasteiger partial charge in [0.2, 0.25) is 0 Å². The van der Waals surface area contributed by atoms with Crippen molar-refractivity contribution in [2.24, 2.45) is 0 Å². The van der Waals surface area contributed by atoms with Crippen molar-refractivity contribution in [3.63, 3.8) is 0 Å². The average molecular weight is 548 g/mol. The van der Waals surface area contributed by atoms with Gasteiger partial charge in [-0.1, -0.05) is 23.5 Å². The fraction of sp³-hybridized carbons (Fsp3) is 0.259. The highest BCUT2D eigenvalue weighted by Gasteiger charge is 2.27. The lowest BCUT2D eigenvalue weighted by molar-refractivity contribution is 0.0786. The van der Waals surface area contributed by atoms with Crippen LogP contribution in [0.1, 0.15) is 11.1 Å². The lowest BCUT2D eigenvalue weighted by Crippen LogP contribution is -2.49. The Bertz CT molecular complexity index is 1660. The third kappa shape index (κ3) is 5.13. The van der Waals surface area contributed by atoms with E-state index < -0.39 is 6.09 Å². The molecule has 1 aliphatic heterocycles. The number of ether oxygens (including phenoxy) is 1. The van der Waals surface area contributed by atoms with Gasteiger partial charge < -0.3 is 20.5 Å².